The highest BCUT2D eigenvalue weighted by atomic mass is 16.6. The summed E-state index contributed by atoms with van der Waals surface area (Å²) in [7, 11) is 1.73. The zero-order valence-electron chi connectivity index (χ0n) is 10.3. The fraction of sp³-hybridized carbons (Fsp3) is 0.385. The number of likely N-dealkylation sites (tertiary alicyclic amines) is 1. The maximum atomic E-state index is 11.6. The van der Waals surface area contributed by atoms with Gasteiger partial charge in [0.15, 0.2) is 0 Å². The van der Waals surface area contributed by atoms with Crippen molar-refractivity contribution < 1.29 is 14.3 Å². The van der Waals surface area contributed by atoms with E-state index in [0.717, 1.165) is 0 Å². The Bertz CT molecular complexity index is 433. The van der Waals surface area contributed by atoms with E-state index in [1.165, 1.54) is 0 Å². The molecule has 96 valence electrons. The summed E-state index contributed by atoms with van der Waals surface area (Å²) in [4.78, 5) is 24.6. The minimum Gasteiger partial charge on any atom is -0.410 e. The smallest absolute Gasteiger partial charge is 0.410 e. The van der Waals surface area contributed by atoms with Crippen LogP contribution in [0.2, 0.25) is 0 Å². The molecule has 5 heteroatoms. The fourth-order valence-electron chi connectivity index (χ4n) is 1.92. The summed E-state index contributed by atoms with van der Waals surface area (Å²) in [6.07, 6.45) is 0.647. The number of benzene rings is 1. The first kappa shape index (κ1) is 12.4. The Morgan fingerprint density at radius 1 is 1.39 bits per heavy atom. The molecule has 1 aromatic carbocycles. The second-order valence-electron chi connectivity index (χ2n) is 4.36. The normalized spacial score (nSPS) is 19.5. The van der Waals surface area contributed by atoms with Crippen LogP contribution >= 0.6 is 0 Å². The van der Waals surface area contributed by atoms with Crippen molar-refractivity contribution in [3.63, 3.8) is 0 Å². The third-order valence-corrected chi connectivity index (χ3v) is 2.90. The average Bonchev–Trinajstić information content (AvgIpc) is 2.35. The first-order chi connectivity index (χ1) is 8.65. The monoisotopic (exact) mass is 248 g/mol. The van der Waals surface area contributed by atoms with E-state index in [1.807, 2.05) is 6.07 Å². The number of amides is 2. The van der Waals surface area contributed by atoms with Gasteiger partial charge in [0.05, 0.1) is 6.04 Å². The molecule has 1 unspecified atom stereocenters. The van der Waals surface area contributed by atoms with E-state index in [1.54, 1.807) is 36.2 Å². The van der Waals surface area contributed by atoms with Gasteiger partial charge in [-0.1, -0.05) is 18.2 Å². The summed E-state index contributed by atoms with van der Waals surface area (Å²) in [5, 5.41) is 2.76. The van der Waals surface area contributed by atoms with Gasteiger partial charge in [0.1, 0.15) is 5.75 Å². The molecule has 1 N–H and O–H groups in total. The summed E-state index contributed by atoms with van der Waals surface area (Å²) in [6, 6.07) is 8.85. The van der Waals surface area contributed by atoms with E-state index >= 15 is 0 Å². The van der Waals surface area contributed by atoms with Crippen molar-refractivity contribution in [2.24, 2.45) is 0 Å². The van der Waals surface area contributed by atoms with Crippen molar-refractivity contribution in [3.8, 4) is 5.75 Å². The van der Waals surface area contributed by atoms with Crippen LogP contribution in [-0.4, -0.2) is 36.5 Å². The molecule has 5 nitrogen and oxygen atoms in total. The molecule has 0 saturated carbocycles. The molecule has 1 aliphatic rings. The van der Waals surface area contributed by atoms with E-state index in [0.29, 0.717) is 25.1 Å². The van der Waals surface area contributed by atoms with Crippen molar-refractivity contribution in [1.29, 1.82) is 0 Å². The molecule has 1 saturated heterocycles. The lowest BCUT2D eigenvalue weighted by molar-refractivity contribution is -0.132. The van der Waals surface area contributed by atoms with E-state index in [2.05, 4.69) is 5.32 Å². The summed E-state index contributed by atoms with van der Waals surface area (Å²) < 4.78 is 5.13. The number of ether oxygens (including phenoxy) is 1. The van der Waals surface area contributed by atoms with Gasteiger partial charge in [-0.3, -0.25) is 4.79 Å². The van der Waals surface area contributed by atoms with Gasteiger partial charge in [-0.05, 0) is 18.6 Å². The third kappa shape index (κ3) is 3.23. The molecular weight excluding hydrogens is 232 g/mol. The predicted octanol–water partition coefficient (Wildman–Crippen LogP) is 1.40. The van der Waals surface area contributed by atoms with Crippen molar-refractivity contribution in [2.75, 3.05) is 13.6 Å². The van der Waals surface area contributed by atoms with Gasteiger partial charge in [-0.15, -0.1) is 0 Å². The van der Waals surface area contributed by atoms with Gasteiger partial charge in [0, 0.05) is 20.0 Å². The van der Waals surface area contributed by atoms with Crippen molar-refractivity contribution in [3.05, 3.63) is 30.3 Å². The lowest BCUT2D eigenvalue weighted by Gasteiger charge is -2.29. The fourth-order valence-corrected chi connectivity index (χ4v) is 1.92. The number of para-hydroxylation sites is 1. The van der Waals surface area contributed by atoms with Crippen LogP contribution in [0.5, 0.6) is 5.75 Å². The number of hydrogen-bond donors (Lipinski definition) is 1. The molecule has 1 aromatic rings. The topological polar surface area (TPSA) is 58.6 Å². The average molecular weight is 248 g/mol. The number of carbonyl (C=O) groups excluding carboxylic acids is 2. The quantitative estimate of drug-likeness (QED) is 0.860. The molecular formula is C13H16N2O3. The van der Waals surface area contributed by atoms with Crippen molar-refractivity contribution >= 4 is 12.0 Å². The predicted molar refractivity (Wildman–Crippen MR) is 66.3 cm³/mol. The van der Waals surface area contributed by atoms with E-state index in [9.17, 15) is 9.59 Å². The van der Waals surface area contributed by atoms with Crippen molar-refractivity contribution in [1.82, 2.24) is 10.2 Å². The van der Waals surface area contributed by atoms with Crippen LogP contribution in [0.4, 0.5) is 4.79 Å². The van der Waals surface area contributed by atoms with Gasteiger partial charge in [0.25, 0.3) is 0 Å². The first-order valence-corrected chi connectivity index (χ1v) is 5.92. The number of hydrogen-bond acceptors (Lipinski definition) is 3. The molecule has 1 fully saturated rings. The lowest BCUT2D eigenvalue weighted by Crippen LogP contribution is -2.49. The second-order valence-corrected chi connectivity index (χ2v) is 4.36. The standard InChI is InChI=1S/C13H16N2O3/c1-15-9-10(7-8-12(15)16)14-13(17)18-11-5-3-2-4-6-11/h2-6,10H,7-9H2,1H3,(H,14,17). The molecule has 0 aliphatic carbocycles. The minimum absolute atomic E-state index is 0.0380. The second kappa shape index (κ2) is 5.53. The molecule has 0 radical (unpaired) electrons. The van der Waals surface area contributed by atoms with Crippen LogP contribution in [0.15, 0.2) is 30.3 Å². The van der Waals surface area contributed by atoms with Crippen LogP contribution in [0.3, 0.4) is 0 Å². The van der Waals surface area contributed by atoms with Crippen molar-refractivity contribution in [2.45, 2.75) is 18.9 Å². The molecule has 18 heavy (non-hydrogen) atoms. The lowest BCUT2D eigenvalue weighted by atomic mass is 10.1. The highest BCUT2D eigenvalue weighted by Gasteiger charge is 2.24. The maximum absolute atomic E-state index is 11.6. The molecule has 0 spiro atoms. The summed E-state index contributed by atoms with van der Waals surface area (Å²) >= 11 is 0. The highest BCUT2D eigenvalue weighted by Crippen LogP contribution is 2.11. The molecule has 1 heterocycles. The Morgan fingerprint density at radius 3 is 2.78 bits per heavy atom. The van der Waals surface area contributed by atoms with Gasteiger partial charge in [0.2, 0.25) is 5.91 Å². The number of piperidine rings is 1. The number of carbonyl (C=O) groups is 2. The Kier molecular flexibility index (Phi) is 3.82. The van der Waals surface area contributed by atoms with Gasteiger partial charge in [-0.2, -0.15) is 0 Å². The largest absolute Gasteiger partial charge is 0.412 e. The Hall–Kier alpha value is -2.04. The van der Waals surface area contributed by atoms with E-state index in [-0.39, 0.29) is 11.9 Å². The molecule has 2 amide bonds. The Morgan fingerprint density at radius 2 is 2.11 bits per heavy atom. The molecule has 2 rings (SSSR count). The zero-order chi connectivity index (χ0) is 13.0. The van der Waals surface area contributed by atoms with E-state index in [4.69, 9.17) is 4.74 Å². The van der Waals surface area contributed by atoms with Crippen LogP contribution < -0.4 is 10.1 Å². The molecule has 0 aromatic heterocycles. The molecule has 1 aliphatic heterocycles. The number of nitrogens with zero attached hydrogens (tertiary/aromatic N) is 1. The van der Waals surface area contributed by atoms with Gasteiger partial charge >= 0.3 is 6.09 Å². The third-order valence-electron chi connectivity index (χ3n) is 2.90. The summed E-state index contributed by atoms with van der Waals surface area (Å²) in [6.45, 7) is 0.530. The summed E-state index contributed by atoms with van der Waals surface area (Å²) in [5.74, 6) is 0.625. The zero-order valence-corrected chi connectivity index (χ0v) is 10.3. The number of rotatable bonds is 2. The first-order valence-electron chi connectivity index (χ1n) is 5.92. The van der Waals surface area contributed by atoms with Crippen LogP contribution in [0, 0.1) is 0 Å². The van der Waals surface area contributed by atoms with Crippen LogP contribution in [0.1, 0.15) is 12.8 Å². The van der Waals surface area contributed by atoms with Crippen LogP contribution in [-0.2, 0) is 4.79 Å². The maximum Gasteiger partial charge on any atom is 0.412 e. The Balaban J connectivity index is 1.83. The number of nitrogens with one attached hydrogen (secondary N) is 1. The van der Waals surface area contributed by atoms with E-state index < -0.39 is 6.09 Å². The van der Waals surface area contributed by atoms with Crippen LogP contribution in [0.25, 0.3) is 0 Å². The highest BCUT2D eigenvalue weighted by molar-refractivity contribution is 5.77. The molecule has 0 bridgehead atoms. The Labute approximate surface area is 106 Å². The summed E-state index contributed by atoms with van der Waals surface area (Å²) in [5.41, 5.74) is 0. The molecule has 1 atom stereocenters. The number of likely N-dealkylation sites (N-methyl/N-ethyl adjacent to an activating group) is 1. The SMILES string of the molecule is CN1CC(NC(=O)Oc2ccccc2)CCC1=O. The van der Waals surface area contributed by atoms with Gasteiger partial charge < -0.3 is 15.0 Å². The van der Waals surface area contributed by atoms with Gasteiger partial charge in [-0.25, -0.2) is 4.79 Å². The minimum atomic E-state index is -0.478.